The standard InChI is InChI=1S/C19H24F3N5/c1-13(2)7-8-14(23)12-27(24)18-10-9-15(11-25-18)26-17-6-4-3-5-16(17)19(20,21)22/h3-6,9-13,26H,7-8,23-24H2,1-2H3/b14-12-. The average Bonchev–Trinajstić information content (AvgIpc) is 2.60. The van der Waals surface area contributed by atoms with E-state index in [0.717, 1.165) is 18.9 Å². The number of nitrogens with two attached hydrogens (primary N) is 2. The number of hydrogen-bond acceptors (Lipinski definition) is 5. The largest absolute Gasteiger partial charge is 0.418 e. The first kappa shape index (κ1) is 20.6. The first-order valence-electron chi connectivity index (χ1n) is 8.56. The summed E-state index contributed by atoms with van der Waals surface area (Å²) in [6.45, 7) is 4.22. The van der Waals surface area contributed by atoms with Gasteiger partial charge in [-0.3, -0.25) is 5.01 Å². The van der Waals surface area contributed by atoms with Gasteiger partial charge in [-0.25, -0.2) is 10.8 Å². The van der Waals surface area contributed by atoms with Gasteiger partial charge in [-0.2, -0.15) is 13.2 Å². The van der Waals surface area contributed by atoms with Gasteiger partial charge >= 0.3 is 6.18 Å². The van der Waals surface area contributed by atoms with Gasteiger partial charge in [-0.1, -0.05) is 26.0 Å². The Kier molecular flexibility index (Phi) is 6.68. The summed E-state index contributed by atoms with van der Waals surface area (Å²) in [4.78, 5) is 4.17. The molecule has 1 aromatic carbocycles. The molecule has 0 amide bonds. The Morgan fingerprint density at radius 1 is 1.22 bits per heavy atom. The van der Waals surface area contributed by atoms with Crippen molar-refractivity contribution < 1.29 is 13.2 Å². The lowest BCUT2D eigenvalue weighted by Gasteiger charge is -2.16. The molecule has 2 aromatic rings. The summed E-state index contributed by atoms with van der Waals surface area (Å²) in [7, 11) is 0. The summed E-state index contributed by atoms with van der Waals surface area (Å²) in [6.07, 6.45) is 0.241. The number of nitrogens with one attached hydrogen (secondary N) is 1. The van der Waals surface area contributed by atoms with Crippen molar-refractivity contribution in [1.82, 2.24) is 4.98 Å². The van der Waals surface area contributed by atoms with E-state index in [1.54, 1.807) is 18.3 Å². The molecule has 5 N–H and O–H groups in total. The third-order valence-electron chi connectivity index (χ3n) is 3.84. The van der Waals surface area contributed by atoms with Crippen LogP contribution in [-0.4, -0.2) is 4.98 Å². The van der Waals surface area contributed by atoms with Gasteiger partial charge in [0.2, 0.25) is 0 Å². The highest BCUT2D eigenvalue weighted by molar-refractivity contribution is 5.64. The number of halogens is 3. The molecule has 1 aromatic heterocycles. The smallest absolute Gasteiger partial charge is 0.401 e. The summed E-state index contributed by atoms with van der Waals surface area (Å²) in [5.74, 6) is 6.89. The Balaban J connectivity index is 2.09. The van der Waals surface area contributed by atoms with Crippen LogP contribution in [0, 0.1) is 5.92 Å². The lowest BCUT2D eigenvalue weighted by Crippen LogP contribution is -2.27. The molecular weight excluding hydrogens is 355 g/mol. The van der Waals surface area contributed by atoms with Crippen LogP contribution in [0.3, 0.4) is 0 Å². The van der Waals surface area contributed by atoms with Gasteiger partial charge in [0.1, 0.15) is 5.82 Å². The highest BCUT2D eigenvalue weighted by Gasteiger charge is 2.33. The molecule has 1 heterocycles. The normalized spacial score (nSPS) is 12.3. The zero-order valence-corrected chi connectivity index (χ0v) is 15.3. The SMILES string of the molecule is CC(C)CC/C(N)=C/N(N)c1ccc(Nc2ccccc2C(F)(F)F)cn1. The molecule has 146 valence electrons. The number of para-hydroxylation sites is 1. The Labute approximate surface area is 156 Å². The summed E-state index contributed by atoms with van der Waals surface area (Å²) < 4.78 is 39.2. The second kappa shape index (κ2) is 8.77. The monoisotopic (exact) mass is 379 g/mol. The van der Waals surface area contributed by atoms with Gasteiger partial charge in [0.25, 0.3) is 0 Å². The van der Waals surface area contributed by atoms with Crippen molar-refractivity contribution in [2.75, 3.05) is 10.3 Å². The number of anilines is 3. The fraction of sp³-hybridized carbons (Fsp3) is 0.316. The van der Waals surface area contributed by atoms with E-state index >= 15 is 0 Å². The lowest BCUT2D eigenvalue weighted by molar-refractivity contribution is -0.136. The highest BCUT2D eigenvalue weighted by Crippen LogP contribution is 2.35. The molecule has 0 aliphatic carbocycles. The molecule has 0 atom stereocenters. The Bertz CT molecular complexity index is 770. The lowest BCUT2D eigenvalue weighted by atomic mass is 10.1. The predicted molar refractivity (Wildman–Crippen MR) is 102 cm³/mol. The molecule has 0 fully saturated rings. The van der Waals surface area contributed by atoms with E-state index in [1.807, 2.05) is 0 Å². The van der Waals surface area contributed by atoms with E-state index < -0.39 is 11.7 Å². The molecule has 0 saturated carbocycles. The third-order valence-corrected chi connectivity index (χ3v) is 3.84. The van der Waals surface area contributed by atoms with Crippen LogP contribution in [0.4, 0.5) is 30.4 Å². The maximum Gasteiger partial charge on any atom is 0.418 e. The maximum absolute atomic E-state index is 13.1. The van der Waals surface area contributed by atoms with Crippen LogP contribution in [0.15, 0.2) is 54.5 Å². The zero-order valence-electron chi connectivity index (χ0n) is 15.3. The van der Waals surface area contributed by atoms with Crippen LogP contribution < -0.4 is 21.9 Å². The minimum atomic E-state index is -4.44. The maximum atomic E-state index is 13.1. The van der Waals surface area contributed by atoms with Gasteiger partial charge in [0, 0.05) is 11.9 Å². The number of alkyl halides is 3. The molecule has 2 rings (SSSR count). The van der Waals surface area contributed by atoms with Gasteiger partial charge in [0.05, 0.1) is 23.1 Å². The molecule has 27 heavy (non-hydrogen) atoms. The Morgan fingerprint density at radius 2 is 1.93 bits per heavy atom. The van der Waals surface area contributed by atoms with Crippen molar-refractivity contribution in [1.29, 1.82) is 0 Å². The van der Waals surface area contributed by atoms with Crippen molar-refractivity contribution in [3.05, 3.63) is 60.1 Å². The highest BCUT2D eigenvalue weighted by atomic mass is 19.4. The van der Waals surface area contributed by atoms with E-state index in [2.05, 4.69) is 24.1 Å². The summed E-state index contributed by atoms with van der Waals surface area (Å²) >= 11 is 0. The number of pyridine rings is 1. The van der Waals surface area contributed by atoms with Crippen LogP contribution in [-0.2, 0) is 6.18 Å². The topological polar surface area (TPSA) is 80.2 Å². The van der Waals surface area contributed by atoms with Crippen LogP contribution in [0.25, 0.3) is 0 Å². The molecule has 0 spiro atoms. The van der Waals surface area contributed by atoms with Crippen LogP contribution in [0.1, 0.15) is 32.3 Å². The van der Waals surface area contributed by atoms with E-state index in [4.69, 9.17) is 11.6 Å². The van der Waals surface area contributed by atoms with Crippen molar-refractivity contribution in [2.45, 2.75) is 32.9 Å². The molecule has 0 radical (unpaired) electrons. The van der Waals surface area contributed by atoms with E-state index in [1.165, 1.54) is 29.4 Å². The van der Waals surface area contributed by atoms with Gasteiger partial charge < -0.3 is 11.1 Å². The van der Waals surface area contributed by atoms with Crippen molar-refractivity contribution in [3.8, 4) is 0 Å². The Hall–Kier alpha value is -2.74. The van der Waals surface area contributed by atoms with Crippen molar-refractivity contribution >= 4 is 17.2 Å². The van der Waals surface area contributed by atoms with Crippen LogP contribution in [0.2, 0.25) is 0 Å². The number of nitrogens with zero attached hydrogens (tertiary/aromatic N) is 2. The third kappa shape index (κ3) is 6.18. The number of hydrazine groups is 1. The molecule has 0 unspecified atom stereocenters. The molecule has 0 aliphatic heterocycles. The number of rotatable bonds is 7. The fourth-order valence-corrected chi connectivity index (χ4v) is 2.37. The van der Waals surface area contributed by atoms with Gasteiger partial charge in [0.15, 0.2) is 0 Å². The molecular formula is C19H24F3N5. The minimum absolute atomic E-state index is 0.0398. The Morgan fingerprint density at radius 3 is 2.52 bits per heavy atom. The number of hydrogen-bond donors (Lipinski definition) is 3. The first-order chi connectivity index (χ1) is 12.7. The van der Waals surface area contributed by atoms with Gasteiger partial charge in [-0.05, 0) is 43.0 Å². The zero-order chi connectivity index (χ0) is 20.0. The number of allylic oxidation sites excluding steroid dienone is 1. The molecule has 8 heteroatoms. The molecule has 5 nitrogen and oxygen atoms in total. The van der Waals surface area contributed by atoms with E-state index in [9.17, 15) is 13.2 Å². The van der Waals surface area contributed by atoms with Gasteiger partial charge in [-0.15, -0.1) is 0 Å². The van der Waals surface area contributed by atoms with Crippen LogP contribution >= 0.6 is 0 Å². The fourth-order valence-electron chi connectivity index (χ4n) is 2.37. The second-order valence-electron chi connectivity index (χ2n) is 6.62. The summed E-state index contributed by atoms with van der Waals surface area (Å²) in [6, 6.07) is 8.47. The van der Waals surface area contributed by atoms with Crippen molar-refractivity contribution in [2.24, 2.45) is 17.5 Å². The number of benzene rings is 1. The predicted octanol–water partition coefficient (Wildman–Crippen LogP) is 4.76. The summed E-state index contributed by atoms with van der Waals surface area (Å²) in [5, 5.41) is 4.03. The molecule has 0 bridgehead atoms. The quantitative estimate of drug-likeness (QED) is 0.477. The molecule has 0 saturated heterocycles. The van der Waals surface area contributed by atoms with E-state index in [0.29, 0.717) is 23.1 Å². The van der Waals surface area contributed by atoms with Crippen LogP contribution in [0.5, 0.6) is 0 Å². The summed E-state index contributed by atoms with van der Waals surface area (Å²) in [5.41, 5.74) is 6.21. The average molecular weight is 379 g/mol. The molecule has 0 aliphatic rings. The first-order valence-corrected chi connectivity index (χ1v) is 8.56. The number of aromatic nitrogens is 1. The van der Waals surface area contributed by atoms with E-state index in [-0.39, 0.29) is 5.69 Å². The minimum Gasteiger partial charge on any atom is -0.401 e. The van der Waals surface area contributed by atoms with Crippen molar-refractivity contribution in [3.63, 3.8) is 0 Å². The second-order valence-corrected chi connectivity index (χ2v) is 6.62.